The average molecular weight is 269 g/mol. The van der Waals surface area contributed by atoms with E-state index in [4.69, 9.17) is 4.74 Å². The Morgan fingerprint density at radius 3 is 3.22 bits per heavy atom. The lowest BCUT2D eigenvalue weighted by atomic mass is 10.2. The first-order valence-corrected chi connectivity index (χ1v) is 7.59. The van der Waals surface area contributed by atoms with Gasteiger partial charge in [0.1, 0.15) is 0 Å². The summed E-state index contributed by atoms with van der Waals surface area (Å²) < 4.78 is 5.65. The highest BCUT2D eigenvalue weighted by molar-refractivity contribution is 7.15. The Balaban J connectivity index is 1.80. The fraction of sp³-hybridized carbons (Fsp3) is 0.769. The number of nitrogens with one attached hydrogen (secondary N) is 1. The highest BCUT2D eigenvalue weighted by atomic mass is 32.1. The second kappa shape index (κ2) is 7.07. The Bertz CT molecular complexity index is 350. The van der Waals surface area contributed by atoms with Gasteiger partial charge in [0.05, 0.1) is 6.10 Å². The Labute approximate surface area is 113 Å². The molecule has 0 aromatic carbocycles. The molecule has 0 aliphatic carbocycles. The second-order valence-electron chi connectivity index (χ2n) is 4.80. The maximum absolute atomic E-state index is 5.65. The van der Waals surface area contributed by atoms with Crippen LogP contribution in [0.1, 0.15) is 31.1 Å². The number of nitrogens with zero attached hydrogens (tertiary/aromatic N) is 2. The van der Waals surface area contributed by atoms with Gasteiger partial charge in [0.15, 0.2) is 5.13 Å². The summed E-state index contributed by atoms with van der Waals surface area (Å²) in [6.07, 6.45) is 5.92. The zero-order valence-corrected chi connectivity index (χ0v) is 12.1. The molecular formula is C13H23N3OS. The summed E-state index contributed by atoms with van der Waals surface area (Å²) in [7, 11) is 2.10. The summed E-state index contributed by atoms with van der Waals surface area (Å²) in [5, 5.41) is 4.50. The number of thiazole rings is 1. The van der Waals surface area contributed by atoms with Gasteiger partial charge in [0, 0.05) is 37.8 Å². The molecule has 0 saturated carbocycles. The summed E-state index contributed by atoms with van der Waals surface area (Å²) in [5.41, 5.74) is 0. The minimum Gasteiger partial charge on any atom is -0.376 e. The maximum Gasteiger partial charge on any atom is 0.185 e. The fourth-order valence-electron chi connectivity index (χ4n) is 2.12. The Hall–Kier alpha value is -0.650. The molecule has 2 heterocycles. The van der Waals surface area contributed by atoms with Gasteiger partial charge in [0.2, 0.25) is 0 Å². The molecular weight excluding hydrogens is 246 g/mol. The van der Waals surface area contributed by atoms with Crippen molar-refractivity contribution >= 4 is 16.5 Å². The van der Waals surface area contributed by atoms with E-state index in [1.165, 1.54) is 24.1 Å². The molecule has 4 nitrogen and oxygen atoms in total. The molecule has 1 aromatic heterocycles. The zero-order chi connectivity index (χ0) is 12.8. The molecule has 1 aliphatic heterocycles. The van der Waals surface area contributed by atoms with Crippen LogP contribution in [0, 0.1) is 0 Å². The number of hydrogen-bond acceptors (Lipinski definition) is 5. The standard InChI is InChI=1S/C13H23N3OS/c1-3-6-14-8-12-9-15-13(18-12)16(2)10-11-5-4-7-17-11/h9,11,14H,3-8,10H2,1-2H3. The van der Waals surface area contributed by atoms with E-state index in [1.807, 2.05) is 6.20 Å². The number of likely N-dealkylation sites (N-methyl/N-ethyl adjacent to an activating group) is 1. The lowest BCUT2D eigenvalue weighted by Crippen LogP contribution is -2.28. The van der Waals surface area contributed by atoms with E-state index in [0.717, 1.165) is 31.4 Å². The Kier molecular flexibility index (Phi) is 5.41. The zero-order valence-electron chi connectivity index (χ0n) is 11.3. The van der Waals surface area contributed by atoms with Crippen LogP contribution in [0.2, 0.25) is 0 Å². The van der Waals surface area contributed by atoms with Gasteiger partial charge in [-0.1, -0.05) is 6.92 Å². The van der Waals surface area contributed by atoms with Crippen LogP contribution in [-0.2, 0) is 11.3 Å². The predicted molar refractivity (Wildman–Crippen MR) is 76.4 cm³/mol. The third-order valence-corrected chi connectivity index (χ3v) is 4.21. The van der Waals surface area contributed by atoms with Crippen molar-refractivity contribution < 1.29 is 4.74 Å². The van der Waals surface area contributed by atoms with Crippen LogP contribution in [0.5, 0.6) is 0 Å². The van der Waals surface area contributed by atoms with E-state index in [1.54, 1.807) is 11.3 Å². The normalized spacial score (nSPS) is 19.3. The monoisotopic (exact) mass is 269 g/mol. The Morgan fingerprint density at radius 1 is 1.61 bits per heavy atom. The van der Waals surface area contributed by atoms with E-state index in [-0.39, 0.29) is 0 Å². The number of rotatable bonds is 7. The van der Waals surface area contributed by atoms with Gasteiger partial charge in [-0.15, -0.1) is 11.3 Å². The van der Waals surface area contributed by atoms with Crippen molar-refractivity contribution in [1.82, 2.24) is 10.3 Å². The first kappa shape index (κ1) is 13.8. The van der Waals surface area contributed by atoms with Gasteiger partial charge >= 0.3 is 0 Å². The molecule has 1 aliphatic rings. The predicted octanol–water partition coefficient (Wildman–Crippen LogP) is 2.26. The molecule has 1 unspecified atom stereocenters. The van der Waals surface area contributed by atoms with Crippen LogP contribution in [0.3, 0.4) is 0 Å². The van der Waals surface area contributed by atoms with Crippen LogP contribution >= 0.6 is 11.3 Å². The van der Waals surface area contributed by atoms with Crippen molar-refractivity contribution in [2.24, 2.45) is 0 Å². The first-order chi connectivity index (χ1) is 8.79. The molecule has 0 bridgehead atoms. The summed E-state index contributed by atoms with van der Waals surface area (Å²) in [6.45, 7) is 6.05. The van der Waals surface area contributed by atoms with Gasteiger partial charge in [-0.3, -0.25) is 0 Å². The van der Waals surface area contributed by atoms with E-state index >= 15 is 0 Å². The molecule has 0 amide bonds. The van der Waals surface area contributed by atoms with Gasteiger partial charge in [-0.25, -0.2) is 4.98 Å². The quantitative estimate of drug-likeness (QED) is 0.771. The molecule has 5 heteroatoms. The van der Waals surface area contributed by atoms with Crippen molar-refractivity contribution in [3.05, 3.63) is 11.1 Å². The highest BCUT2D eigenvalue weighted by Gasteiger charge is 2.18. The topological polar surface area (TPSA) is 37.4 Å². The number of anilines is 1. The van der Waals surface area contributed by atoms with Crippen LogP contribution < -0.4 is 10.2 Å². The van der Waals surface area contributed by atoms with Crippen LogP contribution in [-0.4, -0.2) is 37.8 Å². The summed E-state index contributed by atoms with van der Waals surface area (Å²) in [5.74, 6) is 0. The molecule has 2 rings (SSSR count). The summed E-state index contributed by atoms with van der Waals surface area (Å²) in [6, 6.07) is 0. The second-order valence-corrected chi connectivity index (χ2v) is 5.90. The molecule has 1 N–H and O–H groups in total. The fourth-order valence-corrected chi connectivity index (χ4v) is 2.97. The molecule has 1 saturated heterocycles. The third-order valence-electron chi connectivity index (χ3n) is 3.10. The smallest absolute Gasteiger partial charge is 0.185 e. The molecule has 18 heavy (non-hydrogen) atoms. The maximum atomic E-state index is 5.65. The molecule has 1 fully saturated rings. The lowest BCUT2D eigenvalue weighted by molar-refractivity contribution is 0.116. The van der Waals surface area contributed by atoms with Gasteiger partial charge in [0.25, 0.3) is 0 Å². The number of aromatic nitrogens is 1. The molecule has 0 spiro atoms. The minimum absolute atomic E-state index is 0.389. The van der Waals surface area contributed by atoms with Gasteiger partial charge < -0.3 is 15.0 Å². The third kappa shape index (κ3) is 3.93. The summed E-state index contributed by atoms with van der Waals surface area (Å²) in [4.78, 5) is 8.00. The number of ether oxygens (including phenoxy) is 1. The van der Waals surface area contributed by atoms with Crippen LogP contribution in [0.15, 0.2) is 6.20 Å². The number of hydrogen-bond donors (Lipinski definition) is 1. The Morgan fingerprint density at radius 2 is 2.50 bits per heavy atom. The van der Waals surface area contributed by atoms with E-state index in [9.17, 15) is 0 Å². The summed E-state index contributed by atoms with van der Waals surface area (Å²) >= 11 is 1.77. The highest BCUT2D eigenvalue weighted by Crippen LogP contribution is 2.23. The van der Waals surface area contributed by atoms with Crippen molar-refractivity contribution in [1.29, 1.82) is 0 Å². The SMILES string of the molecule is CCCNCc1cnc(N(C)CC2CCCO2)s1. The van der Waals surface area contributed by atoms with Crippen LogP contribution in [0.25, 0.3) is 0 Å². The van der Waals surface area contributed by atoms with Crippen molar-refractivity contribution in [3.8, 4) is 0 Å². The van der Waals surface area contributed by atoms with E-state index in [0.29, 0.717) is 6.10 Å². The average Bonchev–Trinajstić information content (AvgIpc) is 3.00. The molecule has 0 radical (unpaired) electrons. The molecule has 1 aromatic rings. The lowest BCUT2D eigenvalue weighted by Gasteiger charge is -2.19. The van der Waals surface area contributed by atoms with Gasteiger partial charge in [-0.05, 0) is 25.8 Å². The van der Waals surface area contributed by atoms with E-state index in [2.05, 4.69) is 29.2 Å². The van der Waals surface area contributed by atoms with E-state index < -0.39 is 0 Å². The first-order valence-electron chi connectivity index (χ1n) is 6.77. The van der Waals surface area contributed by atoms with Crippen molar-refractivity contribution in [2.75, 3.05) is 31.6 Å². The van der Waals surface area contributed by atoms with Crippen molar-refractivity contribution in [3.63, 3.8) is 0 Å². The van der Waals surface area contributed by atoms with Gasteiger partial charge in [-0.2, -0.15) is 0 Å². The minimum atomic E-state index is 0.389. The largest absolute Gasteiger partial charge is 0.376 e. The van der Waals surface area contributed by atoms with Crippen molar-refractivity contribution in [2.45, 2.75) is 38.8 Å². The molecule has 1 atom stereocenters. The molecule has 102 valence electrons. The van der Waals surface area contributed by atoms with Crippen LogP contribution in [0.4, 0.5) is 5.13 Å².